The number of nitrogens with one attached hydrogen (secondary N) is 1. The van der Waals surface area contributed by atoms with Gasteiger partial charge >= 0.3 is 0 Å². The average Bonchev–Trinajstić information content (AvgIpc) is 2.08. The molecule has 0 saturated carbocycles. The van der Waals surface area contributed by atoms with Crippen LogP contribution in [0.5, 0.6) is 0 Å². The molecule has 0 aromatic carbocycles. The highest BCUT2D eigenvalue weighted by molar-refractivity contribution is 6.11. The molecule has 0 spiro atoms. The summed E-state index contributed by atoms with van der Waals surface area (Å²) in [5, 5.41) is 11.9. The van der Waals surface area contributed by atoms with Gasteiger partial charge in [-0.25, -0.2) is 5.32 Å². The average molecular weight is 157 g/mol. The fourth-order valence-corrected chi connectivity index (χ4v) is 1.07. The lowest BCUT2D eigenvalue weighted by molar-refractivity contribution is -0.205. The van der Waals surface area contributed by atoms with E-state index in [9.17, 15) is 5.11 Å². The molecule has 1 fully saturated rings. The molecule has 0 amide bonds. The summed E-state index contributed by atoms with van der Waals surface area (Å²) >= 11 is 0. The van der Waals surface area contributed by atoms with Crippen molar-refractivity contribution in [3.05, 3.63) is 0 Å². The monoisotopic (exact) mass is 157 g/mol. The summed E-state index contributed by atoms with van der Waals surface area (Å²) in [7, 11) is 5.38. The summed E-state index contributed by atoms with van der Waals surface area (Å²) in [6, 6.07) is -0.439. The number of hydrogen-bond acceptors (Lipinski definition) is 5. The molecule has 1 aliphatic heterocycles. The Hall–Kier alpha value is -0.135. The molecule has 1 aliphatic rings. The molecule has 0 aromatic heterocycles. The Labute approximate surface area is 66.5 Å². The first-order chi connectivity index (χ1) is 5.02. The molecule has 1 rings (SSSR count). The minimum Gasteiger partial charge on any atom is -0.353 e. The molecular weight excluding hydrogens is 145 g/mol. The number of nitrogens with two attached hydrogens (primary N) is 2. The van der Waals surface area contributed by atoms with Crippen LogP contribution in [0.1, 0.15) is 12.8 Å². The molecule has 0 unspecified atom stereocenters. The lowest BCUT2D eigenvalue weighted by Crippen LogP contribution is -2.57. The van der Waals surface area contributed by atoms with Gasteiger partial charge in [-0.15, -0.1) is 0 Å². The van der Waals surface area contributed by atoms with E-state index in [1.54, 1.807) is 0 Å². The van der Waals surface area contributed by atoms with Crippen LogP contribution in [0.15, 0.2) is 0 Å². The van der Waals surface area contributed by atoms with Gasteiger partial charge in [-0.2, -0.15) is 0 Å². The van der Waals surface area contributed by atoms with Gasteiger partial charge in [0.25, 0.3) is 0 Å². The number of rotatable bonds is 2. The Morgan fingerprint density at radius 1 is 1.73 bits per heavy atom. The predicted octanol–water partition coefficient (Wildman–Crippen LogP) is -2.27. The topological polar surface area (TPSA) is 93.5 Å². The third-order valence-electron chi connectivity index (χ3n) is 1.51. The van der Waals surface area contributed by atoms with Gasteiger partial charge in [-0.3, -0.25) is 0 Å². The molecule has 62 valence electrons. The van der Waals surface area contributed by atoms with E-state index in [4.69, 9.17) is 24.1 Å². The first-order valence-electron chi connectivity index (χ1n) is 3.46. The van der Waals surface area contributed by atoms with Crippen LogP contribution in [-0.4, -0.2) is 31.2 Å². The van der Waals surface area contributed by atoms with E-state index in [2.05, 4.69) is 5.32 Å². The van der Waals surface area contributed by atoms with Crippen LogP contribution in [0.4, 0.5) is 0 Å². The van der Waals surface area contributed by atoms with Crippen molar-refractivity contribution in [2.75, 3.05) is 0 Å². The molecule has 0 bridgehead atoms. The Bertz CT molecular complexity index is 146. The molecule has 2 radical (unpaired) electrons. The Morgan fingerprint density at radius 2 is 2.36 bits per heavy atom. The maximum absolute atomic E-state index is 9.46. The van der Waals surface area contributed by atoms with Gasteiger partial charge in [0.05, 0.1) is 0 Å². The van der Waals surface area contributed by atoms with Crippen molar-refractivity contribution in [2.24, 2.45) is 11.5 Å². The van der Waals surface area contributed by atoms with Crippen molar-refractivity contribution in [2.45, 2.75) is 31.0 Å². The van der Waals surface area contributed by atoms with Gasteiger partial charge in [0.2, 0.25) is 5.91 Å². The first kappa shape index (κ1) is 8.96. The van der Waals surface area contributed by atoms with Crippen LogP contribution in [0.2, 0.25) is 0 Å². The van der Waals surface area contributed by atoms with Gasteiger partial charge in [0.1, 0.15) is 14.1 Å². The summed E-state index contributed by atoms with van der Waals surface area (Å²) in [5.41, 5.74) is 10.4. The van der Waals surface area contributed by atoms with Crippen molar-refractivity contribution < 1.29 is 9.84 Å². The summed E-state index contributed by atoms with van der Waals surface area (Å²) in [4.78, 5) is 0. The summed E-state index contributed by atoms with van der Waals surface area (Å²) in [6.45, 7) is 0. The highest BCUT2D eigenvalue weighted by Gasteiger charge is 2.36. The zero-order valence-electron chi connectivity index (χ0n) is 6.16. The molecule has 5 nitrogen and oxygen atoms in total. The van der Waals surface area contributed by atoms with E-state index >= 15 is 0 Å². The van der Waals surface area contributed by atoms with Gasteiger partial charge < -0.3 is 21.3 Å². The maximum atomic E-state index is 9.46. The highest BCUT2D eigenvalue weighted by Crippen LogP contribution is 2.23. The standard InChI is InChI=1S/C5H12BN3O2/c6-3-1-2-5(10,11-3)9-4(7)8/h3-4,9-10H,1-2,7-8H2/t3-,5-/m1/s1. The van der Waals surface area contributed by atoms with Crippen molar-refractivity contribution in [3.8, 4) is 0 Å². The molecule has 1 heterocycles. The van der Waals surface area contributed by atoms with Crippen LogP contribution < -0.4 is 16.8 Å². The third-order valence-corrected chi connectivity index (χ3v) is 1.51. The fraction of sp³-hybridized carbons (Fsp3) is 1.00. The Morgan fingerprint density at radius 3 is 2.73 bits per heavy atom. The second-order valence-electron chi connectivity index (χ2n) is 2.65. The van der Waals surface area contributed by atoms with E-state index < -0.39 is 18.2 Å². The minimum absolute atomic E-state index is 0.402. The van der Waals surface area contributed by atoms with Crippen LogP contribution in [0.25, 0.3) is 0 Å². The Balaban J connectivity index is 2.42. The van der Waals surface area contributed by atoms with Crippen molar-refractivity contribution in [1.29, 1.82) is 0 Å². The summed E-state index contributed by atoms with van der Waals surface area (Å²) < 4.78 is 4.92. The molecule has 6 N–H and O–H groups in total. The lowest BCUT2D eigenvalue weighted by atomic mass is 9.97. The molecule has 2 atom stereocenters. The zero-order chi connectivity index (χ0) is 8.48. The van der Waals surface area contributed by atoms with Crippen LogP contribution in [0, 0.1) is 0 Å². The molecule has 6 heteroatoms. The molecule has 11 heavy (non-hydrogen) atoms. The molecule has 1 saturated heterocycles. The fourth-order valence-electron chi connectivity index (χ4n) is 1.07. The zero-order valence-corrected chi connectivity index (χ0v) is 6.16. The number of ether oxygens (including phenoxy) is 1. The molecule has 0 aromatic rings. The summed E-state index contributed by atoms with van der Waals surface area (Å²) in [5.74, 6) is -1.44. The number of aliphatic hydroxyl groups is 1. The lowest BCUT2D eigenvalue weighted by Gasteiger charge is -2.25. The minimum atomic E-state index is -1.44. The van der Waals surface area contributed by atoms with E-state index in [-0.39, 0.29) is 0 Å². The first-order valence-corrected chi connectivity index (χ1v) is 3.46. The smallest absolute Gasteiger partial charge is 0.226 e. The van der Waals surface area contributed by atoms with E-state index in [0.717, 1.165) is 0 Å². The summed E-state index contributed by atoms with van der Waals surface area (Å²) in [6.07, 6.45) is 0.195. The normalized spacial score (nSPS) is 38.4. The number of hydrogen-bond donors (Lipinski definition) is 4. The predicted molar refractivity (Wildman–Crippen MR) is 40.1 cm³/mol. The highest BCUT2D eigenvalue weighted by atomic mass is 16.7. The van der Waals surface area contributed by atoms with Crippen LogP contribution in [0.3, 0.4) is 0 Å². The van der Waals surface area contributed by atoms with E-state index in [0.29, 0.717) is 12.8 Å². The van der Waals surface area contributed by atoms with E-state index in [1.165, 1.54) is 0 Å². The largest absolute Gasteiger partial charge is 0.353 e. The second kappa shape index (κ2) is 3.08. The van der Waals surface area contributed by atoms with Crippen LogP contribution in [-0.2, 0) is 4.74 Å². The maximum Gasteiger partial charge on any atom is 0.226 e. The van der Waals surface area contributed by atoms with Crippen molar-refractivity contribution in [3.63, 3.8) is 0 Å². The molecule has 0 aliphatic carbocycles. The van der Waals surface area contributed by atoms with Gasteiger partial charge in [0, 0.05) is 12.4 Å². The van der Waals surface area contributed by atoms with Crippen molar-refractivity contribution >= 4 is 7.85 Å². The van der Waals surface area contributed by atoms with Gasteiger partial charge in [0.15, 0.2) is 0 Å². The third kappa shape index (κ3) is 2.42. The molecular formula is C5H12BN3O2. The quantitative estimate of drug-likeness (QED) is 0.268. The van der Waals surface area contributed by atoms with E-state index in [1.807, 2.05) is 0 Å². The van der Waals surface area contributed by atoms with Crippen LogP contribution >= 0.6 is 0 Å². The second-order valence-corrected chi connectivity index (χ2v) is 2.65. The van der Waals surface area contributed by atoms with Gasteiger partial charge in [-0.05, 0) is 6.42 Å². The SMILES string of the molecule is [B][C@H]1CC[C@](O)(NC(N)N)O1. The van der Waals surface area contributed by atoms with Gasteiger partial charge in [-0.1, -0.05) is 0 Å². The Kier molecular flexibility index (Phi) is 2.51. The van der Waals surface area contributed by atoms with Crippen molar-refractivity contribution in [1.82, 2.24) is 5.32 Å².